The second-order valence-corrected chi connectivity index (χ2v) is 6.66. The second kappa shape index (κ2) is 7.20. The summed E-state index contributed by atoms with van der Waals surface area (Å²) in [6.45, 7) is 0. The van der Waals surface area contributed by atoms with Crippen molar-refractivity contribution in [1.82, 2.24) is 5.32 Å². The Labute approximate surface area is 151 Å². The molecule has 0 saturated carbocycles. The van der Waals surface area contributed by atoms with Gasteiger partial charge >= 0.3 is 6.09 Å². The van der Waals surface area contributed by atoms with Gasteiger partial charge in [0.2, 0.25) is 0 Å². The summed E-state index contributed by atoms with van der Waals surface area (Å²) in [6, 6.07) is 3.09. The molecule has 1 aromatic heterocycles. The summed E-state index contributed by atoms with van der Waals surface area (Å²) in [5, 5.41) is 4.58. The van der Waals surface area contributed by atoms with Crippen molar-refractivity contribution in [3.8, 4) is 0 Å². The Kier molecular flexibility index (Phi) is 4.99. The monoisotopic (exact) mass is 380 g/mol. The number of hydrogen-bond acceptors (Lipinski definition) is 5. The van der Waals surface area contributed by atoms with Crippen LogP contribution in [0.1, 0.15) is 37.6 Å². The zero-order valence-corrected chi connectivity index (χ0v) is 14.5. The Bertz CT molecular complexity index is 890. The largest absolute Gasteiger partial charge is 0.453 e. The summed E-state index contributed by atoms with van der Waals surface area (Å²) in [5.41, 5.74) is 0.110. The quantitative estimate of drug-likeness (QED) is 0.856. The number of carbonyl (C=O) groups is 3. The minimum Gasteiger partial charge on any atom is -0.453 e. The number of hydrogen-bond donors (Lipinski definition) is 2. The molecule has 0 atom stereocenters. The van der Waals surface area contributed by atoms with E-state index in [1.165, 1.54) is 0 Å². The van der Waals surface area contributed by atoms with Crippen LogP contribution in [0.25, 0.3) is 0 Å². The standard InChI is InChI=1S/C17H14F2N2O4S/c1-25-17(24)21-14(22)12-8-4-2-7-11(8)26-16(12)20-15(23)13-9(18)5-3-6-10(13)19/h3,5-6H,2,4,7H2,1H3,(H,20,23)(H,21,22,24). The van der Waals surface area contributed by atoms with E-state index in [1.807, 2.05) is 5.32 Å². The molecule has 1 aliphatic rings. The number of alkyl carbamates (subject to hydrolysis) is 1. The summed E-state index contributed by atoms with van der Waals surface area (Å²) in [6.07, 6.45) is 1.24. The first-order valence-corrected chi connectivity index (χ1v) is 8.53. The molecule has 0 saturated heterocycles. The summed E-state index contributed by atoms with van der Waals surface area (Å²) < 4.78 is 32.0. The number of amides is 3. The first-order valence-electron chi connectivity index (χ1n) is 7.71. The molecule has 0 spiro atoms. The van der Waals surface area contributed by atoms with Gasteiger partial charge in [0.1, 0.15) is 22.2 Å². The van der Waals surface area contributed by atoms with Gasteiger partial charge in [0, 0.05) is 4.88 Å². The molecule has 0 bridgehead atoms. The van der Waals surface area contributed by atoms with Crippen LogP contribution in [0.5, 0.6) is 0 Å². The maximum Gasteiger partial charge on any atom is 0.413 e. The van der Waals surface area contributed by atoms with E-state index >= 15 is 0 Å². The van der Waals surface area contributed by atoms with Crippen LogP contribution in [0.4, 0.5) is 18.6 Å². The molecule has 6 nitrogen and oxygen atoms in total. The van der Waals surface area contributed by atoms with Crippen LogP contribution in [-0.2, 0) is 17.6 Å². The Hall–Kier alpha value is -2.81. The number of methoxy groups -OCH3 is 1. The summed E-state index contributed by atoms with van der Waals surface area (Å²) in [4.78, 5) is 36.9. The van der Waals surface area contributed by atoms with Crippen molar-refractivity contribution < 1.29 is 27.9 Å². The molecule has 26 heavy (non-hydrogen) atoms. The van der Waals surface area contributed by atoms with Crippen molar-refractivity contribution in [2.75, 3.05) is 12.4 Å². The maximum absolute atomic E-state index is 13.8. The van der Waals surface area contributed by atoms with E-state index in [1.54, 1.807) is 0 Å². The van der Waals surface area contributed by atoms with Crippen molar-refractivity contribution in [2.45, 2.75) is 19.3 Å². The molecule has 1 aliphatic carbocycles. The highest BCUT2D eigenvalue weighted by Gasteiger charge is 2.29. The molecule has 9 heteroatoms. The molecule has 3 amide bonds. The third-order valence-corrected chi connectivity index (χ3v) is 5.17. The van der Waals surface area contributed by atoms with Gasteiger partial charge in [-0.1, -0.05) is 6.07 Å². The van der Waals surface area contributed by atoms with E-state index < -0.39 is 35.1 Å². The average molecular weight is 380 g/mol. The van der Waals surface area contributed by atoms with E-state index in [0.717, 1.165) is 59.9 Å². The lowest BCUT2D eigenvalue weighted by molar-refractivity contribution is 0.0937. The van der Waals surface area contributed by atoms with Crippen LogP contribution in [0.2, 0.25) is 0 Å². The van der Waals surface area contributed by atoms with Gasteiger partial charge in [-0.2, -0.15) is 0 Å². The van der Waals surface area contributed by atoms with Crippen LogP contribution in [-0.4, -0.2) is 25.0 Å². The van der Waals surface area contributed by atoms with E-state index in [9.17, 15) is 23.2 Å². The van der Waals surface area contributed by atoms with Crippen LogP contribution < -0.4 is 10.6 Å². The lowest BCUT2D eigenvalue weighted by Gasteiger charge is -2.09. The number of halogens is 2. The van der Waals surface area contributed by atoms with Crippen molar-refractivity contribution in [3.63, 3.8) is 0 Å². The second-order valence-electron chi connectivity index (χ2n) is 5.56. The molecule has 2 aromatic rings. The molecular weight excluding hydrogens is 366 g/mol. The summed E-state index contributed by atoms with van der Waals surface area (Å²) in [5.74, 6) is -3.76. The van der Waals surface area contributed by atoms with E-state index in [4.69, 9.17) is 0 Å². The molecule has 136 valence electrons. The van der Waals surface area contributed by atoms with Crippen LogP contribution in [0, 0.1) is 11.6 Å². The molecule has 0 unspecified atom stereocenters. The van der Waals surface area contributed by atoms with Gasteiger partial charge in [0.25, 0.3) is 11.8 Å². The first-order chi connectivity index (χ1) is 12.4. The van der Waals surface area contributed by atoms with Crippen LogP contribution in [0.15, 0.2) is 18.2 Å². The fourth-order valence-corrected chi connectivity index (χ4v) is 4.10. The van der Waals surface area contributed by atoms with Gasteiger partial charge in [-0.05, 0) is 37.0 Å². The van der Waals surface area contributed by atoms with E-state index in [0.29, 0.717) is 6.42 Å². The number of ether oxygens (including phenoxy) is 1. The molecule has 2 N–H and O–H groups in total. The average Bonchev–Trinajstić information content (AvgIpc) is 3.14. The fourth-order valence-electron chi connectivity index (χ4n) is 2.82. The lowest BCUT2D eigenvalue weighted by Crippen LogP contribution is -2.31. The molecule has 0 aliphatic heterocycles. The summed E-state index contributed by atoms with van der Waals surface area (Å²) >= 11 is 1.16. The van der Waals surface area contributed by atoms with Gasteiger partial charge in [0.15, 0.2) is 0 Å². The van der Waals surface area contributed by atoms with Crippen molar-refractivity contribution in [1.29, 1.82) is 0 Å². The minimum atomic E-state index is -1.01. The van der Waals surface area contributed by atoms with Gasteiger partial charge in [0.05, 0.1) is 12.7 Å². The number of anilines is 1. The summed E-state index contributed by atoms with van der Waals surface area (Å²) in [7, 11) is 1.12. The van der Waals surface area contributed by atoms with Gasteiger partial charge in [-0.3, -0.25) is 14.9 Å². The predicted octanol–water partition coefficient (Wildman–Crippen LogP) is 3.26. The van der Waals surface area contributed by atoms with Gasteiger partial charge in [-0.25, -0.2) is 13.6 Å². The Morgan fingerprint density at radius 1 is 1.08 bits per heavy atom. The Morgan fingerprint density at radius 2 is 1.77 bits per heavy atom. The zero-order chi connectivity index (χ0) is 18.8. The van der Waals surface area contributed by atoms with E-state index in [2.05, 4.69) is 10.1 Å². The van der Waals surface area contributed by atoms with Crippen molar-refractivity contribution in [2.24, 2.45) is 0 Å². The predicted molar refractivity (Wildman–Crippen MR) is 90.5 cm³/mol. The number of rotatable bonds is 3. The number of fused-ring (bicyclic) bond motifs is 1. The minimum absolute atomic E-state index is 0.123. The van der Waals surface area contributed by atoms with Crippen molar-refractivity contribution in [3.05, 3.63) is 51.4 Å². The smallest absolute Gasteiger partial charge is 0.413 e. The number of carbonyl (C=O) groups excluding carboxylic acids is 3. The third-order valence-electron chi connectivity index (χ3n) is 3.97. The molecule has 0 fully saturated rings. The fraction of sp³-hybridized carbons (Fsp3) is 0.235. The first kappa shape index (κ1) is 18.0. The zero-order valence-electron chi connectivity index (χ0n) is 13.7. The van der Waals surface area contributed by atoms with Gasteiger partial charge < -0.3 is 10.1 Å². The molecular formula is C17H14F2N2O4S. The highest BCUT2D eigenvalue weighted by molar-refractivity contribution is 7.17. The van der Waals surface area contributed by atoms with Gasteiger partial charge in [-0.15, -0.1) is 11.3 Å². The Morgan fingerprint density at radius 3 is 2.42 bits per heavy atom. The number of imide groups is 1. The maximum atomic E-state index is 13.8. The molecule has 1 aromatic carbocycles. The lowest BCUT2D eigenvalue weighted by atomic mass is 10.1. The molecule has 1 heterocycles. The Balaban J connectivity index is 1.94. The molecule has 0 radical (unpaired) electrons. The molecule has 3 rings (SSSR count). The normalized spacial score (nSPS) is 12.4. The SMILES string of the molecule is COC(=O)NC(=O)c1c(NC(=O)c2c(F)cccc2F)sc2c1CCC2. The number of thiophene rings is 1. The van der Waals surface area contributed by atoms with Crippen molar-refractivity contribution >= 4 is 34.2 Å². The third kappa shape index (κ3) is 3.30. The highest BCUT2D eigenvalue weighted by atomic mass is 32.1. The number of aryl methyl sites for hydroxylation is 1. The number of benzene rings is 1. The highest BCUT2D eigenvalue weighted by Crippen LogP contribution is 2.39. The number of nitrogens with one attached hydrogen (secondary N) is 2. The van der Waals surface area contributed by atoms with E-state index in [-0.39, 0.29) is 10.6 Å². The topological polar surface area (TPSA) is 84.5 Å². The van der Waals surface area contributed by atoms with Crippen LogP contribution in [0.3, 0.4) is 0 Å². The van der Waals surface area contributed by atoms with Crippen LogP contribution >= 0.6 is 11.3 Å².